The van der Waals surface area contributed by atoms with Crippen LogP contribution in [0.15, 0.2) is 24.5 Å². The average molecular weight is 220 g/mol. The van der Waals surface area contributed by atoms with Crippen molar-refractivity contribution in [2.24, 2.45) is 0 Å². The lowest BCUT2D eigenvalue weighted by molar-refractivity contribution is 0.194. The van der Waals surface area contributed by atoms with Gasteiger partial charge in [0.1, 0.15) is 11.6 Å². The Morgan fingerprint density at radius 3 is 2.94 bits per heavy atom. The molecular weight excluding hydrogens is 204 g/mol. The molecule has 0 N–H and O–H groups in total. The van der Waals surface area contributed by atoms with Crippen LogP contribution in [-0.4, -0.2) is 30.2 Å². The molecule has 2 aromatic rings. The standard InChI is InChI=1S/C12H16N2O2/c1-15-7-3-4-12-13-8-10-5-6-11(16-2)9-14(10)12/h5-6,8-9H,3-4,7H2,1-2H3. The zero-order valence-corrected chi connectivity index (χ0v) is 9.64. The van der Waals surface area contributed by atoms with Crippen LogP contribution >= 0.6 is 0 Å². The van der Waals surface area contributed by atoms with Crippen LogP contribution in [0.5, 0.6) is 5.75 Å². The topological polar surface area (TPSA) is 35.8 Å². The van der Waals surface area contributed by atoms with E-state index in [2.05, 4.69) is 9.38 Å². The molecule has 0 bridgehead atoms. The van der Waals surface area contributed by atoms with E-state index in [-0.39, 0.29) is 0 Å². The quantitative estimate of drug-likeness (QED) is 0.722. The van der Waals surface area contributed by atoms with Crippen molar-refractivity contribution in [3.63, 3.8) is 0 Å². The molecule has 0 atom stereocenters. The minimum absolute atomic E-state index is 0.763. The molecule has 0 aromatic carbocycles. The summed E-state index contributed by atoms with van der Waals surface area (Å²) in [6.07, 6.45) is 5.73. The van der Waals surface area contributed by atoms with E-state index in [9.17, 15) is 0 Å². The number of nitrogens with zero attached hydrogens (tertiary/aromatic N) is 2. The van der Waals surface area contributed by atoms with Crippen molar-refractivity contribution >= 4 is 5.52 Å². The van der Waals surface area contributed by atoms with Crippen LogP contribution < -0.4 is 4.74 Å². The van der Waals surface area contributed by atoms with E-state index in [1.165, 1.54) is 0 Å². The molecular formula is C12H16N2O2. The number of aromatic nitrogens is 2. The molecule has 0 fully saturated rings. The molecule has 2 heterocycles. The SMILES string of the molecule is COCCCc1ncc2ccc(OC)cn12. The summed E-state index contributed by atoms with van der Waals surface area (Å²) in [7, 11) is 3.38. The minimum Gasteiger partial charge on any atom is -0.495 e. The maximum Gasteiger partial charge on any atom is 0.135 e. The number of rotatable bonds is 5. The summed E-state index contributed by atoms with van der Waals surface area (Å²) in [5.41, 5.74) is 1.09. The number of pyridine rings is 1. The molecule has 0 saturated carbocycles. The van der Waals surface area contributed by atoms with Gasteiger partial charge in [-0.05, 0) is 18.6 Å². The van der Waals surface area contributed by atoms with E-state index in [1.807, 2.05) is 24.5 Å². The van der Waals surface area contributed by atoms with Crippen LogP contribution in [-0.2, 0) is 11.2 Å². The summed E-state index contributed by atoms with van der Waals surface area (Å²) >= 11 is 0. The Bertz CT molecular complexity index is 465. The highest BCUT2D eigenvalue weighted by atomic mass is 16.5. The average Bonchev–Trinajstić information content (AvgIpc) is 2.72. The minimum atomic E-state index is 0.763. The van der Waals surface area contributed by atoms with Crippen molar-refractivity contribution in [2.75, 3.05) is 20.8 Å². The van der Waals surface area contributed by atoms with Gasteiger partial charge < -0.3 is 13.9 Å². The molecule has 16 heavy (non-hydrogen) atoms. The fraction of sp³-hybridized carbons (Fsp3) is 0.417. The zero-order chi connectivity index (χ0) is 11.4. The van der Waals surface area contributed by atoms with E-state index >= 15 is 0 Å². The number of aryl methyl sites for hydroxylation is 1. The number of hydrogen-bond donors (Lipinski definition) is 0. The molecule has 0 aliphatic rings. The second kappa shape index (κ2) is 4.99. The van der Waals surface area contributed by atoms with Gasteiger partial charge in [0.25, 0.3) is 0 Å². The highest BCUT2D eigenvalue weighted by Gasteiger charge is 2.04. The van der Waals surface area contributed by atoms with Crippen molar-refractivity contribution in [1.82, 2.24) is 9.38 Å². The van der Waals surface area contributed by atoms with Crippen molar-refractivity contribution < 1.29 is 9.47 Å². The molecule has 86 valence electrons. The zero-order valence-electron chi connectivity index (χ0n) is 9.64. The van der Waals surface area contributed by atoms with Gasteiger partial charge in [-0.3, -0.25) is 0 Å². The van der Waals surface area contributed by atoms with Crippen molar-refractivity contribution in [3.8, 4) is 5.75 Å². The Kier molecular flexibility index (Phi) is 3.41. The van der Waals surface area contributed by atoms with E-state index in [1.54, 1.807) is 14.2 Å². The number of methoxy groups -OCH3 is 2. The Balaban J connectivity index is 2.24. The van der Waals surface area contributed by atoms with Gasteiger partial charge in [0.15, 0.2) is 0 Å². The lowest BCUT2D eigenvalue weighted by atomic mass is 10.3. The third-order valence-electron chi connectivity index (χ3n) is 2.56. The molecule has 0 spiro atoms. The van der Waals surface area contributed by atoms with Gasteiger partial charge in [0.2, 0.25) is 0 Å². The fourth-order valence-corrected chi connectivity index (χ4v) is 1.70. The summed E-state index contributed by atoms with van der Waals surface area (Å²) in [5.74, 6) is 1.89. The lowest BCUT2D eigenvalue weighted by Gasteiger charge is -2.04. The molecule has 2 rings (SSSR count). The first-order valence-electron chi connectivity index (χ1n) is 5.34. The molecule has 2 aromatic heterocycles. The maximum atomic E-state index is 5.20. The molecule has 0 aliphatic heterocycles. The first kappa shape index (κ1) is 11.0. The second-order valence-corrected chi connectivity index (χ2v) is 3.63. The van der Waals surface area contributed by atoms with E-state index in [4.69, 9.17) is 9.47 Å². The Labute approximate surface area is 94.8 Å². The predicted molar refractivity (Wildman–Crippen MR) is 61.9 cm³/mol. The van der Waals surface area contributed by atoms with Crippen LogP contribution in [0.3, 0.4) is 0 Å². The summed E-state index contributed by atoms with van der Waals surface area (Å²) in [5, 5.41) is 0. The molecule has 0 unspecified atom stereocenters. The maximum absolute atomic E-state index is 5.20. The number of imidazole rings is 1. The smallest absolute Gasteiger partial charge is 0.135 e. The van der Waals surface area contributed by atoms with Gasteiger partial charge in [-0.1, -0.05) is 0 Å². The van der Waals surface area contributed by atoms with E-state index in [0.717, 1.165) is 36.5 Å². The van der Waals surface area contributed by atoms with Crippen molar-refractivity contribution in [2.45, 2.75) is 12.8 Å². The Morgan fingerprint density at radius 2 is 2.19 bits per heavy atom. The van der Waals surface area contributed by atoms with E-state index in [0.29, 0.717) is 0 Å². The van der Waals surface area contributed by atoms with Gasteiger partial charge in [0.05, 0.1) is 25.0 Å². The van der Waals surface area contributed by atoms with Crippen LogP contribution in [0, 0.1) is 0 Å². The molecule has 0 saturated heterocycles. The molecule has 4 heteroatoms. The van der Waals surface area contributed by atoms with Crippen LogP contribution in [0.2, 0.25) is 0 Å². The fourth-order valence-electron chi connectivity index (χ4n) is 1.70. The normalized spacial score (nSPS) is 10.9. The van der Waals surface area contributed by atoms with Crippen LogP contribution in [0.25, 0.3) is 5.52 Å². The monoisotopic (exact) mass is 220 g/mol. The van der Waals surface area contributed by atoms with Gasteiger partial charge >= 0.3 is 0 Å². The van der Waals surface area contributed by atoms with Gasteiger partial charge in [0, 0.05) is 20.1 Å². The predicted octanol–water partition coefficient (Wildman–Crippen LogP) is 1.92. The molecule has 0 aliphatic carbocycles. The molecule has 0 radical (unpaired) electrons. The van der Waals surface area contributed by atoms with Gasteiger partial charge in [-0.2, -0.15) is 0 Å². The largest absolute Gasteiger partial charge is 0.495 e. The summed E-state index contributed by atoms with van der Waals surface area (Å²) in [6, 6.07) is 3.95. The summed E-state index contributed by atoms with van der Waals surface area (Å²) < 4.78 is 12.3. The van der Waals surface area contributed by atoms with E-state index < -0.39 is 0 Å². The van der Waals surface area contributed by atoms with Crippen LogP contribution in [0.1, 0.15) is 12.2 Å². The van der Waals surface area contributed by atoms with Crippen molar-refractivity contribution in [3.05, 3.63) is 30.4 Å². The van der Waals surface area contributed by atoms with Crippen molar-refractivity contribution in [1.29, 1.82) is 0 Å². The highest BCUT2D eigenvalue weighted by Crippen LogP contribution is 2.15. The third-order valence-corrected chi connectivity index (χ3v) is 2.56. The summed E-state index contributed by atoms with van der Waals surface area (Å²) in [4.78, 5) is 4.39. The first-order chi connectivity index (χ1) is 7.85. The highest BCUT2D eigenvalue weighted by molar-refractivity contribution is 5.48. The Hall–Kier alpha value is -1.55. The lowest BCUT2D eigenvalue weighted by Crippen LogP contribution is -1.98. The Morgan fingerprint density at radius 1 is 1.31 bits per heavy atom. The second-order valence-electron chi connectivity index (χ2n) is 3.63. The number of hydrogen-bond acceptors (Lipinski definition) is 3. The van der Waals surface area contributed by atoms with Gasteiger partial charge in [-0.15, -0.1) is 0 Å². The summed E-state index contributed by atoms with van der Waals surface area (Å²) in [6.45, 7) is 0.763. The first-order valence-corrected chi connectivity index (χ1v) is 5.34. The molecule has 4 nitrogen and oxygen atoms in total. The number of ether oxygens (including phenoxy) is 2. The number of fused-ring (bicyclic) bond motifs is 1. The van der Waals surface area contributed by atoms with Gasteiger partial charge in [-0.25, -0.2) is 4.98 Å². The third kappa shape index (κ3) is 2.17. The molecule has 0 amide bonds. The van der Waals surface area contributed by atoms with Crippen LogP contribution in [0.4, 0.5) is 0 Å².